The lowest BCUT2D eigenvalue weighted by molar-refractivity contribution is 0.0772. The summed E-state index contributed by atoms with van der Waals surface area (Å²) in [7, 11) is 0. The summed E-state index contributed by atoms with van der Waals surface area (Å²) in [4.78, 5) is 32.9. The van der Waals surface area contributed by atoms with Crippen molar-refractivity contribution in [2.45, 2.75) is 33.2 Å². The second kappa shape index (κ2) is 11.8. The molecule has 0 radical (unpaired) electrons. The van der Waals surface area contributed by atoms with Crippen LogP contribution in [0.5, 0.6) is 0 Å². The van der Waals surface area contributed by atoms with E-state index in [-0.39, 0.29) is 5.91 Å². The fourth-order valence-corrected chi connectivity index (χ4v) is 4.83. The number of pyridine rings is 1. The smallest absolute Gasteiger partial charge is 0.253 e. The number of carbonyl (C=O) groups excluding carboxylic acids is 2. The Morgan fingerprint density at radius 3 is 1.92 bits per heavy atom. The van der Waals surface area contributed by atoms with E-state index < -0.39 is 5.91 Å². The van der Waals surface area contributed by atoms with E-state index in [2.05, 4.69) is 16.0 Å². The van der Waals surface area contributed by atoms with Crippen molar-refractivity contribution < 1.29 is 9.59 Å². The first-order valence-corrected chi connectivity index (χ1v) is 12.6. The second-order valence-electron chi connectivity index (χ2n) is 9.11. The lowest BCUT2D eigenvalue weighted by atomic mass is 9.87. The van der Waals surface area contributed by atoms with E-state index in [1.807, 2.05) is 67.4 Å². The van der Waals surface area contributed by atoms with Crippen LogP contribution in [-0.4, -0.2) is 52.8 Å². The topological polar surface area (TPSA) is 79.5 Å². The van der Waals surface area contributed by atoms with Crippen LogP contribution < -0.4 is 5.73 Å². The normalized spacial score (nSPS) is 13.9. The number of nitrogens with two attached hydrogens (primary N) is 1. The Balaban J connectivity index is 1.63. The first kappa shape index (κ1) is 25.3. The zero-order valence-electron chi connectivity index (χ0n) is 21.1. The van der Waals surface area contributed by atoms with Crippen LogP contribution in [0, 0.1) is 0 Å². The van der Waals surface area contributed by atoms with Crippen molar-refractivity contribution in [1.29, 1.82) is 0 Å². The summed E-state index contributed by atoms with van der Waals surface area (Å²) in [5.41, 5.74) is 12.6. The zero-order valence-corrected chi connectivity index (χ0v) is 21.1. The van der Waals surface area contributed by atoms with Gasteiger partial charge in [-0.1, -0.05) is 35.9 Å². The van der Waals surface area contributed by atoms with Gasteiger partial charge < -0.3 is 10.6 Å². The highest BCUT2D eigenvalue weighted by molar-refractivity contribution is 5.95. The number of likely N-dealkylation sites (tertiary alicyclic amines) is 1. The van der Waals surface area contributed by atoms with Gasteiger partial charge >= 0.3 is 0 Å². The van der Waals surface area contributed by atoms with Gasteiger partial charge in [0.15, 0.2) is 0 Å². The molecule has 2 amide bonds. The van der Waals surface area contributed by atoms with E-state index in [1.54, 1.807) is 18.3 Å². The average Bonchev–Trinajstić information content (AvgIpc) is 2.92. The molecule has 0 bridgehead atoms. The third kappa shape index (κ3) is 5.89. The highest BCUT2D eigenvalue weighted by Gasteiger charge is 2.20. The quantitative estimate of drug-likeness (QED) is 0.502. The van der Waals surface area contributed by atoms with Crippen LogP contribution >= 0.6 is 0 Å². The largest absolute Gasteiger partial charge is 0.366 e. The molecule has 3 aromatic rings. The number of carbonyl (C=O) groups is 2. The van der Waals surface area contributed by atoms with Crippen LogP contribution in [0.4, 0.5) is 0 Å². The van der Waals surface area contributed by atoms with Crippen LogP contribution in [0.1, 0.15) is 64.1 Å². The van der Waals surface area contributed by atoms with Crippen molar-refractivity contribution in [1.82, 2.24) is 14.8 Å². The molecule has 0 aliphatic carbocycles. The number of hydrogen-bond acceptors (Lipinski definition) is 4. The lowest BCUT2D eigenvalue weighted by Crippen LogP contribution is -2.30. The summed E-state index contributed by atoms with van der Waals surface area (Å²) < 4.78 is 0. The molecular weight excluding hydrogens is 448 g/mol. The Morgan fingerprint density at radius 1 is 0.861 bits per heavy atom. The van der Waals surface area contributed by atoms with Crippen LogP contribution in [0.15, 0.2) is 78.6 Å². The monoisotopic (exact) mass is 482 g/mol. The van der Waals surface area contributed by atoms with Gasteiger partial charge in [-0.15, -0.1) is 0 Å². The van der Waals surface area contributed by atoms with Gasteiger partial charge in [0.05, 0.1) is 0 Å². The zero-order chi connectivity index (χ0) is 25.5. The third-order valence-corrected chi connectivity index (χ3v) is 6.87. The highest BCUT2D eigenvalue weighted by atomic mass is 16.2. The maximum absolute atomic E-state index is 12.8. The Kier molecular flexibility index (Phi) is 8.28. The van der Waals surface area contributed by atoms with E-state index >= 15 is 0 Å². The lowest BCUT2D eigenvalue weighted by Gasteiger charge is -2.30. The van der Waals surface area contributed by atoms with Crippen LogP contribution in [0.25, 0.3) is 5.57 Å². The molecule has 6 nitrogen and oxygen atoms in total. The minimum absolute atomic E-state index is 0.0512. The molecule has 2 aromatic carbocycles. The van der Waals surface area contributed by atoms with Crippen molar-refractivity contribution >= 4 is 17.4 Å². The first-order valence-electron chi connectivity index (χ1n) is 12.6. The van der Waals surface area contributed by atoms with Crippen molar-refractivity contribution in [3.8, 4) is 0 Å². The van der Waals surface area contributed by atoms with Crippen LogP contribution in [0.3, 0.4) is 0 Å². The summed E-state index contributed by atoms with van der Waals surface area (Å²) >= 11 is 0. The summed E-state index contributed by atoms with van der Waals surface area (Å²) in [5, 5.41) is 0. The van der Waals surface area contributed by atoms with E-state index in [4.69, 9.17) is 5.73 Å². The molecule has 2 heterocycles. The van der Waals surface area contributed by atoms with Gasteiger partial charge in [0, 0.05) is 56.2 Å². The Hall–Kier alpha value is -3.77. The number of piperidine rings is 1. The van der Waals surface area contributed by atoms with Gasteiger partial charge in [0.2, 0.25) is 5.91 Å². The van der Waals surface area contributed by atoms with Gasteiger partial charge in [-0.05, 0) is 79.3 Å². The SMILES string of the molecule is CCN(CC)C(=O)c1ccc(C(=C2CCN(Cc3cccnc3)CC2)c2ccc(C(N)=O)cc2)cc1. The molecule has 2 N–H and O–H groups in total. The molecule has 186 valence electrons. The summed E-state index contributed by atoms with van der Waals surface area (Å²) in [6, 6.07) is 19.5. The average molecular weight is 483 g/mol. The van der Waals surface area contributed by atoms with Crippen LogP contribution in [0.2, 0.25) is 0 Å². The first-order chi connectivity index (χ1) is 17.5. The Bertz CT molecular complexity index is 1200. The molecule has 1 aliphatic heterocycles. The predicted molar refractivity (Wildman–Crippen MR) is 143 cm³/mol. The summed E-state index contributed by atoms with van der Waals surface area (Å²) in [6.07, 6.45) is 5.63. The minimum Gasteiger partial charge on any atom is -0.366 e. The van der Waals surface area contributed by atoms with Gasteiger partial charge in [0.1, 0.15) is 0 Å². The second-order valence-corrected chi connectivity index (χ2v) is 9.11. The standard InChI is InChI=1S/C30H34N4O2/c1-3-34(4-2)30(36)27-13-9-24(10-14-27)28(23-7-11-26(12-8-23)29(31)35)25-15-18-33(19-16-25)21-22-6-5-17-32-20-22/h5-14,17,20H,3-4,15-16,18-19,21H2,1-2H3,(H2,31,35). The van der Waals surface area contributed by atoms with Crippen molar-refractivity contribution in [2.75, 3.05) is 26.2 Å². The van der Waals surface area contributed by atoms with Crippen molar-refractivity contribution in [2.24, 2.45) is 5.73 Å². The molecule has 1 saturated heterocycles. The number of primary amides is 1. The maximum atomic E-state index is 12.8. The number of hydrogen-bond donors (Lipinski definition) is 1. The summed E-state index contributed by atoms with van der Waals surface area (Å²) in [5.74, 6) is -0.381. The molecule has 1 fully saturated rings. The number of rotatable bonds is 8. The van der Waals surface area contributed by atoms with Gasteiger partial charge in [0.25, 0.3) is 5.91 Å². The van der Waals surface area contributed by atoms with E-state index in [0.29, 0.717) is 24.2 Å². The van der Waals surface area contributed by atoms with E-state index in [1.165, 1.54) is 16.7 Å². The summed E-state index contributed by atoms with van der Waals surface area (Å²) in [6.45, 7) is 8.19. The Morgan fingerprint density at radius 2 is 1.42 bits per heavy atom. The number of aromatic nitrogens is 1. The van der Waals surface area contributed by atoms with Gasteiger partial charge in [-0.25, -0.2) is 0 Å². The highest BCUT2D eigenvalue weighted by Crippen LogP contribution is 2.33. The Labute approximate surface area is 213 Å². The predicted octanol–water partition coefficient (Wildman–Crippen LogP) is 4.76. The fourth-order valence-electron chi connectivity index (χ4n) is 4.83. The molecule has 0 atom stereocenters. The van der Waals surface area contributed by atoms with E-state index in [0.717, 1.165) is 43.6 Å². The van der Waals surface area contributed by atoms with Gasteiger partial charge in [-0.3, -0.25) is 19.5 Å². The van der Waals surface area contributed by atoms with Crippen LogP contribution in [-0.2, 0) is 6.54 Å². The van der Waals surface area contributed by atoms with Crippen molar-refractivity contribution in [3.05, 3.63) is 106 Å². The molecule has 36 heavy (non-hydrogen) atoms. The third-order valence-electron chi connectivity index (χ3n) is 6.87. The molecular formula is C30H34N4O2. The minimum atomic E-state index is -0.432. The van der Waals surface area contributed by atoms with E-state index in [9.17, 15) is 9.59 Å². The number of nitrogens with zero attached hydrogens (tertiary/aromatic N) is 3. The van der Waals surface area contributed by atoms with Crippen molar-refractivity contribution in [3.63, 3.8) is 0 Å². The molecule has 1 aromatic heterocycles. The fraction of sp³-hybridized carbons (Fsp3) is 0.300. The number of benzene rings is 2. The molecule has 0 unspecified atom stereocenters. The molecule has 4 rings (SSSR count). The van der Waals surface area contributed by atoms with Gasteiger partial charge in [-0.2, -0.15) is 0 Å². The number of amides is 2. The molecule has 0 saturated carbocycles. The molecule has 6 heteroatoms. The molecule has 1 aliphatic rings. The molecule has 0 spiro atoms. The maximum Gasteiger partial charge on any atom is 0.253 e.